The summed E-state index contributed by atoms with van der Waals surface area (Å²) in [6, 6.07) is 7.42. The van der Waals surface area contributed by atoms with Crippen molar-refractivity contribution in [3.05, 3.63) is 49.1 Å². The molecule has 4 rings (SSSR count). The molecule has 8 nitrogen and oxygen atoms in total. The molecule has 0 aromatic carbocycles. The molecule has 2 amide bonds. The van der Waals surface area contributed by atoms with Crippen LogP contribution >= 0.6 is 0 Å². The number of amides is 2. The topological polar surface area (TPSA) is 92.4 Å². The van der Waals surface area contributed by atoms with E-state index in [0.29, 0.717) is 11.7 Å². The van der Waals surface area contributed by atoms with E-state index < -0.39 is 0 Å². The van der Waals surface area contributed by atoms with Crippen LogP contribution in [0.2, 0.25) is 0 Å². The predicted octanol–water partition coefficient (Wildman–Crippen LogP) is 3.64. The molecule has 2 saturated heterocycles. The quantitative estimate of drug-likeness (QED) is 0.807. The highest BCUT2D eigenvalue weighted by Crippen LogP contribution is 2.39. The van der Waals surface area contributed by atoms with Crippen molar-refractivity contribution >= 4 is 12.0 Å². The molecular formula is C22H27N5O3. The van der Waals surface area contributed by atoms with Crippen LogP contribution < -0.4 is 10.1 Å². The Labute approximate surface area is 176 Å². The fraction of sp³-hybridized carbons (Fsp3) is 0.409. The van der Waals surface area contributed by atoms with Crippen LogP contribution in [0.5, 0.6) is 5.75 Å². The molecule has 0 radical (unpaired) electrons. The standard InChI is InChI=1S/C22H27N5O3/c1-29-19-3-2-18(17-4-9-23-10-5-17)14-24-20(25-15-19)26-21(28)27-11-6-22(16-27)7-12-30-13-8-22/h2-5,9-10,14-15H,6-8,11-13,16H2,1H3,(H2,24,25,26,28). The maximum Gasteiger partial charge on any atom is 0.324 e. The van der Waals surface area contributed by atoms with E-state index in [2.05, 4.69) is 20.3 Å². The zero-order chi connectivity index (χ0) is 20.8. The van der Waals surface area contributed by atoms with Crippen LogP contribution in [-0.4, -0.2) is 59.3 Å². The van der Waals surface area contributed by atoms with Crippen LogP contribution in [0.3, 0.4) is 0 Å². The summed E-state index contributed by atoms with van der Waals surface area (Å²) in [5, 5.41) is 2.90. The highest BCUT2D eigenvalue weighted by atomic mass is 16.5. The molecular weight excluding hydrogens is 382 g/mol. The van der Waals surface area contributed by atoms with Crippen molar-refractivity contribution < 1.29 is 14.3 Å². The van der Waals surface area contributed by atoms with Gasteiger partial charge in [-0.3, -0.25) is 10.3 Å². The monoisotopic (exact) mass is 409 g/mol. The van der Waals surface area contributed by atoms with E-state index in [1.807, 2.05) is 29.2 Å². The first-order valence-corrected chi connectivity index (χ1v) is 10.2. The smallest absolute Gasteiger partial charge is 0.324 e. The maximum absolute atomic E-state index is 12.9. The number of aromatic amines is 1. The second-order valence-corrected chi connectivity index (χ2v) is 7.74. The fourth-order valence-electron chi connectivity index (χ4n) is 3.99. The number of pyridine rings is 1. The van der Waals surface area contributed by atoms with E-state index in [4.69, 9.17) is 9.47 Å². The lowest BCUT2D eigenvalue weighted by molar-refractivity contribution is 0.0211. The lowest BCUT2D eigenvalue weighted by Gasteiger charge is -2.33. The van der Waals surface area contributed by atoms with E-state index in [9.17, 15) is 4.79 Å². The molecule has 30 heavy (non-hydrogen) atoms. The first kappa shape index (κ1) is 20.2. The molecule has 4 heterocycles. The molecule has 2 aliphatic heterocycles. The third-order valence-electron chi connectivity index (χ3n) is 5.86. The van der Waals surface area contributed by atoms with Crippen LogP contribution in [0, 0.1) is 5.41 Å². The molecule has 2 aliphatic rings. The second-order valence-electron chi connectivity index (χ2n) is 7.74. The summed E-state index contributed by atoms with van der Waals surface area (Å²) >= 11 is 0. The number of hydrogen-bond acceptors (Lipinski definition) is 5. The molecule has 0 saturated carbocycles. The summed E-state index contributed by atoms with van der Waals surface area (Å²) < 4.78 is 10.9. The number of nitrogens with zero attached hydrogens (tertiary/aromatic N) is 3. The van der Waals surface area contributed by atoms with Gasteiger partial charge in [-0.25, -0.2) is 9.78 Å². The van der Waals surface area contributed by atoms with Gasteiger partial charge in [-0.15, -0.1) is 0 Å². The minimum atomic E-state index is -0.150. The molecule has 2 aromatic heterocycles. The van der Waals surface area contributed by atoms with Gasteiger partial charge in [0.2, 0.25) is 5.95 Å². The number of aromatic nitrogens is 3. The first-order valence-electron chi connectivity index (χ1n) is 10.2. The van der Waals surface area contributed by atoms with Gasteiger partial charge in [0.25, 0.3) is 0 Å². The lowest BCUT2D eigenvalue weighted by Crippen LogP contribution is -2.37. The van der Waals surface area contributed by atoms with Crippen molar-refractivity contribution in [2.45, 2.75) is 19.3 Å². The second kappa shape index (κ2) is 9.13. The summed E-state index contributed by atoms with van der Waals surface area (Å²) in [5.74, 6) is 0.957. The Morgan fingerprint density at radius 3 is 2.73 bits per heavy atom. The first-order chi connectivity index (χ1) is 14.7. The average molecular weight is 409 g/mol. The zero-order valence-corrected chi connectivity index (χ0v) is 17.1. The number of anilines is 1. The normalized spacial score (nSPS) is 17.4. The molecule has 0 aliphatic carbocycles. The van der Waals surface area contributed by atoms with Crippen molar-refractivity contribution in [3.63, 3.8) is 0 Å². The number of nitrogens with one attached hydrogen (secondary N) is 2. The number of methoxy groups -OCH3 is 1. The Kier molecular flexibility index (Phi) is 6.13. The van der Waals surface area contributed by atoms with Crippen molar-refractivity contribution in [2.75, 3.05) is 38.7 Å². The Bertz CT molecular complexity index is 923. The summed E-state index contributed by atoms with van der Waals surface area (Å²) in [6.07, 6.45) is 9.89. The molecule has 1 spiro atoms. The summed E-state index contributed by atoms with van der Waals surface area (Å²) in [7, 11) is 1.60. The van der Waals surface area contributed by atoms with Crippen LogP contribution in [-0.2, 0) is 4.74 Å². The molecule has 2 aromatic rings. The third kappa shape index (κ3) is 4.71. The Hall–Kier alpha value is -3.13. The summed E-state index contributed by atoms with van der Waals surface area (Å²) in [4.78, 5) is 26.3. The third-order valence-corrected chi connectivity index (χ3v) is 5.86. The average Bonchev–Trinajstić information content (AvgIpc) is 3.22. The molecule has 158 valence electrons. The zero-order valence-electron chi connectivity index (χ0n) is 17.1. The van der Waals surface area contributed by atoms with Crippen LogP contribution in [0.4, 0.5) is 10.7 Å². The molecule has 2 fully saturated rings. The predicted molar refractivity (Wildman–Crippen MR) is 114 cm³/mol. The molecule has 0 bridgehead atoms. The Morgan fingerprint density at radius 1 is 1.17 bits per heavy atom. The number of ether oxygens (including phenoxy) is 2. The number of likely N-dealkylation sites (tertiary alicyclic amines) is 1. The van der Waals surface area contributed by atoms with Crippen molar-refractivity contribution in [3.8, 4) is 16.9 Å². The van der Waals surface area contributed by atoms with E-state index in [-0.39, 0.29) is 11.4 Å². The number of hydrogen-bond donors (Lipinski definition) is 2. The van der Waals surface area contributed by atoms with Crippen LogP contribution in [0.15, 0.2) is 49.1 Å². The van der Waals surface area contributed by atoms with E-state index >= 15 is 0 Å². The van der Waals surface area contributed by atoms with Crippen molar-refractivity contribution in [2.24, 2.45) is 5.41 Å². The Morgan fingerprint density at radius 2 is 1.97 bits per heavy atom. The SMILES string of the molecule is COc1ccc(-c2ccncc2)cnc(NC(=O)N2CCC3(CCOCC3)C2)[nH]c1. The van der Waals surface area contributed by atoms with Gasteiger partial charge >= 0.3 is 6.03 Å². The van der Waals surface area contributed by atoms with E-state index in [1.54, 1.807) is 31.9 Å². The van der Waals surface area contributed by atoms with Crippen molar-refractivity contribution in [1.82, 2.24) is 19.9 Å². The highest BCUT2D eigenvalue weighted by molar-refractivity contribution is 5.87. The summed E-state index contributed by atoms with van der Waals surface area (Å²) in [6.45, 7) is 3.07. The van der Waals surface area contributed by atoms with Gasteiger partial charge < -0.3 is 19.4 Å². The van der Waals surface area contributed by atoms with Crippen LogP contribution in [0.25, 0.3) is 11.1 Å². The fourth-order valence-corrected chi connectivity index (χ4v) is 3.99. The summed E-state index contributed by atoms with van der Waals surface area (Å²) in [5.41, 5.74) is 2.04. The van der Waals surface area contributed by atoms with Gasteiger partial charge in [-0.05, 0) is 54.5 Å². The largest absolute Gasteiger partial charge is 0.495 e. The minimum absolute atomic E-state index is 0.150. The van der Waals surface area contributed by atoms with E-state index in [1.165, 1.54) is 0 Å². The van der Waals surface area contributed by atoms with Gasteiger partial charge in [0.1, 0.15) is 5.75 Å². The molecule has 8 heteroatoms. The van der Waals surface area contributed by atoms with Crippen LogP contribution in [0.1, 0.15) is 19.3 Å². The van der Waals surface area contributed by atoms with Gasteiger partial charge in [-0.1, -0.05) is 0 Å². The number of H-pyrrole nitrogens is 1. The van der Waals surface area contributed by atoms with Crippen molar-refractivity contribution in [1.29, 1.82) is 0 Å². The Balaban J connectivity index is 1.55. The molecule has 0 unspecified atom stereocenters. The number of carbonyl (C=O) groups excluding carboxylic acids is 1. The maximum atomic E-state index is 12.9. The lowest BCUT2D eigenvalue weighted by atomic mass is 9.80. The molecule has 0 atom stereocenters. The van der Waals surface area contributed by atoms with E-state index in [0.717, 1.165) is 56.7 Å². The van der Waals surface area contributed by atoms with Gasteiger partial charge in [0.05, 0.1) is 7.11 Å². The number of carbonyl (C=O) groups is 1. The van der Waals surface area contributed by atoms with Gasteiger partial charge in [-0.2, -0.15) is 0 Å². The minimum Gasteiger partial charge on any atom is -0.495 e. The highest BCUT2D eigenvalue weighted by Gasteiger charge is 2.41. The van der Waals surface area contributed by atoms with Gasteiger partial charge in [0.15, 0.2) is 0 Å². The van der Waals surface area contributed by atoms with Gasteiger partial charge in [0, 0.05) is 56.7 Å². The number of urea groups is 1. The number of rotatable bonds is 3. The molecule has 2 N–H and O–H groups in total.